The second-order valence-electron chi connectivity index (χ2n) is 6.12. The second-order valence-corrected chi connectivity index (χ2v) is 7.44. The molecular weight excluding hydrogens is 416 g/mol. The van der Waals surface area contributed by atoms with E-state index < -0.39 is 11.8 Å². The average Bonchev–Trinajstić information content (AvgIpc) is 2.65. The predicted molar refractivity (Wildman–Crippen MR) is 108 cm³/mol. The molecule has 4 nitrogen and oxygen atoms in total. The predicted octanol–water partition coefficient (Wildman–Crippen LogP) is 5.26. The number of para-hydroxylation sites is 1. The smallest absolute Gasteiger partial charge is 0.228 e. The van der Waals surface area contributed by atoms with Crippen LogP contribution in [0.4, 0.5) is 11.4 Å². The summed E-state index contributed by atoms with van der Waals surface area (Å²) >= 11 is 9.48. The molecule has 0 bridgehead atoms. The van der Waals surface area contributed by atoms with Gasteiger partial charge < -0.3 is 10.6 Å². The minimum Gasteiger partial charge on any atom is -0.326 e. The summed E-state index contributed by atoms with van der Waals surface area (Å²) in [6.45, 7) is 0. The van der Waals surface area contributed by atoms with Crippen LogP contribution < -0.4 is 10.6 Å². The quantitative estimate of drug-likeness (QED) is 0.646. The van der Waals surface area contributed by atoms with Crippen LogP contribution in [0.1, 0.15) is 12.8 Å². The van der Waals surface area contributed by atoms with Crippen LogP contribution in [0, 0.1) is 11.8 Å². The molecule has 0 unspecified atom stereocenters. The number of carbonyl (C=O) groups excluding carboxylic acids is 2. The number of benzene rings is 2. The Morgan fingerprint density at radius 3 is 2.08 bits per heavy atom. The van der Waals surface area contributed by atoms with E-state index in [-0.39, 0.29) is 11.8 Å². The van der Waals surface area contributed by atoms with Gasteiger partial charge in [-0.2, -0.15) is 0 Å². The highest BCUT2D eigenvalue weighted by Gasteiger charge is 2.34. The van der Waals surface area contributed by atoms with Gasteiger partial charge in [0.25, 0.3) is 0 Å². The molecule has 2 amide bonds. The van der Waals surface area contributed by atoms with Gasteiger partial charge in [0, 0.05) is 10.2 Å². The number of allylic oxidation sites excluding steroid dienone is 2. The van der Waals surface area contributed by atoms with Gasteiger partial charge in [-0.3, -0.25) is 9.59 Å². The van der Waals surface area contributed by atoms with Gasteiger partial charge in [-0.15, -0.1) is 0 Å². The minimum atomic E-state index is -0.438. The normalized spacial score (nSPS) is 19.0. The molecule has 26 heavy (non-hydrogen) atoms. The molecule has 0 fully saturated rings. The maximum atomic E-state index is 12.7. The van der Waals surface area contributed by atoms with E-state index in [1.165, 1.54) is 0 Å². The molecule has 1 aliphatic carbocycles. The lowest BCUT2D eigenvalue weighted by Crippen LogP contribution is -2.37. The molecule has 0 aliphatic heterocycles. The molecule has 2 aromatic rings. The first kappa shape index (κ1) is 18.7. The monoisotopic (exact) mass is 432 g/mol. The highest BCUT2D eigenvalue weighted by atomic mass is 79.9. The summed E-state index contributed by atoms with van der Waals surface area (Å²) in [5.74, 6) is -1.22. The zero-order valence-electron chi connectivity index (χ0n) is 13.9. The molecule has 3 rings (SSSR count). The molecule has 2 aromatic carbocycles. The van der Waals surface area contributed by atoms with Crippen LogP contribution in [-0.2, 0) is 9.59 Å². The van der Waals surface area contributed by atoms with E-state index in [4.69, 9.17) is 11.6 Å². The molecule has 0 radical (unpaired) electrons. The lowest BCUT2D eigenvalue weighted by molar-refractivity contribution is -0.129. The Morgan fingerprint density at radius 2 is 1.46 bits per heavy atom. The second kappa shape index (κ2) is 8.52. The van der Waals surface area contributed by atoms with Crippen LogP contribution >= 0.6 is 27.5 Å². The third-order valence-electron chi connectivity index (χ3n) is 4.35. The topological polar surface area (TPSA) is 58.2 Å². The molecule has 6 heteroatoms. The molecule has 0 aromatic heterocycles. The molecule has 134 valence electrons. The minimum absolute atomic E-state index is 0.156. The van der Waals surface area contributed by atoms with Crippen LogP contribution in [0.5, 0.6) is 0 Å². The number of hydrogen-bond donors (Lipinski definition) is 2. The van der Waals surface area contributed by atoms with Crippen molar-refractivity contribution in [3.05, 3.63) is 70.2 Å². The van der Waals surface area contributed by atoms with Crippen LogP contribution in [0.15, 0.2) is 65.2 Å². The van der Waals surface area contributed by atoms with Gasteiger partial charge in [-0.1, -0.05) is 51.8 Å². The Labute approximate surface area is 165 Å². The molecule has 0 heterocycles. The van der Waals surface area contributed by atoms with Crippen LogP contribution in [0.3, 0.4) is 0 Å². The first-order valence-electron chi connectivity index (χ1n) is 8.31. The fraction of sp³-hybridized carbons (Fsp3) is 0.200. The molecule has 0 spiro atoms. The van der Waals surface area contributed by atoms with Crippen molar-refractivity contribution in [2.75, 3.05) is 10.6 Å². The SMILES string of the molecule is O=C(Nc1ccc(Br)cc1)[C@H]1CC=CC[C@@H]1C(=O)Nc1ccccc1Cl. The van der Waals surface area contributed by atoms with Gasteiger partial charge in [0.2, 0.25) is 11.8 Å². The van der Waals surface area contributed by atoms with Gasteiger partial charge in [0.1, 0.15) is 0 Å². The van der Waals surface area contributed by atoms with E-state index in [1.54, 1.807) is 24.3 Å². The molecule has 0 saturated heterocycles. The van der Waals surface area contributed by atoms with Crippen molar-refractivity contribution in [1.29, 1.82) is 0 Å². The van der Waals surface area contributed by atoms with Gasteiger partial charge >= 0.3 is 0 Å². The largest absolute Gasteiger partial charge is 0.326 e. The lowest BCUT2D eigenvalue weighted by Gasteiger charge is -2.27. The highest BCUT2D eigenvalue weighted by molar-refractivity contribution is 9.10. The van der Waals surface area contributed by atoms with Crippen molar-refractivity contribution in [2.24, 2.45) is 11.8 Å². The van der Waals surface area contributed by atoms with Gasteiger partial charge in [-0.05, 0) is 49.2 Å². The summed E-state index contributed by atoms with van der Waals surface area (Å²) < 4.78 is 0.938. The van der Waals surface area contributed by atoms with Crippen LogP contribution in [0.2, 0.25) is 5.02 Å². The molecular formula is C20H18BrClN2O2. The third kappa shape index (κ3) is 4.54. The standard InChI is InChI=1S/C20H18BrClN2O2/c21-13-9-11-14(12-10-13)23-19(25)15-5-1-2-6-16(15)20(26)24-18-8-4-3-7-17(18)22/h1-4,7-12,15-16H,5-6H2,(H,23,25)(H,24,26)/t15-,16-/m0/s1. The summed E-state index contributed by atoms with van der Waals surface area (Å²) in [7, 11) is 0. The molecule has 2 atom stereocenters. The fourth-order valence-corrected chi connectivity index (χ4v) is 3.40. The Hall–Kier alpha value is -2.11. The van der Waals surface area contributed by atoms with Crippen molar-refractivity contribution in [3.63, 3.8) is 0 Å². The van der Waals surface area contributed by atoms with E-state index in [0.717, 1.165) is 4.47 Å². The van der Waals surface area contributed by atoms with E-state index in [9.17, 15) is 9.59 Å². The number of anilines is 2. The van der Waals surface area contributed by atoms with Gasteiger partial charge in [-0.25, -0.2) is 0 Å². The maximum absolute atomic E-state index is 12.7. The summed E-state index contributed by atoms with van der Waals surface area (Å²) in [4.78, 5) is 25.5. The Balaban J connectivity index is 1.72. The van der Waals surface area contributed by atoms with Crippen molar-refractivity contribution in [1.82, 2.24) is 0 Å². The zero-order valence-corrected chi connectivity index (χ0v) is 16.3. The Bertz CT molecular complexity index is 836. The van der Waals surface area contributed by atoms with E-state index >= 15 is 0 Å². The Kier molecular flexibility index (Phi) is 6.12. The first-order valence-corrected chi connectivity index (χ1v) is 9.48. The average molecular weight is 434 g/mol. The van der Waals surface area contributed by atoms with Crippen LogP contribution in [-0.4, -0.2) is 11.8 Å². The third-order valence-corrected chi connectivity index (χ3v) is 5.21. The summed E-state index contributed by atoms with van der Waals surface area (Å²) in [6, 6.07) is 14.4. The molecule has 0 saturated carbocycles. The van der Waals surface area contributed by atoms with E-state index in [1.807, 2.05) is 36.4 Å². The van der Waals surface area contributed by atoms with Crippen molar-refractivity contribution >= 4 is 50.7 Å². The van der Waals surface area contributed by atoms with E-state index in [2.05, 4.69) is 26.6 Å². The number of rotatable bonds is 4. The number of hydrogen-bond acceptors (Lipinski definition) is 2. The van der Waals surface area contributed by atoms with E-state index in [0.29, 0.717) is 29.2 Å². The summed E-state index contributed by atoms with van der Waals surface area (Å²) in [5, 5.41) is 6.22. The molecule has 1 aliphatic rings. The summed E-state index contributed by atoms with van der Waals surface area (Å²) in [6.07, 6.45) is 4.95. The fourth-order valence-electron chi connectivity index (χ4n) is 2.95. The van der Waals surface area contributed by atoms with Crippen LogP contribution in [0.25, 0.3) is 0 Å². The van der Waals surface area contributed by atoms with Crippen molar-refractivity contribution in [3.8, 4) is 0 Å². The number of carbonyl (C=O) groups is 2. The number of halogens is 2. The lowest BCUT2D eigenvalue weighted by atomic mass is 9.81. The highest BCUT2D eigenvalue weighted by Crippen LogP contribution is 2.30. The molecule has 2 N–H and O–H groups in total. The van der Waals surface area contributed by atoms with Crippen molar-refractivity contribution < 1.29 is 9.59 Å². The number of nitrogens with one attached hydrogen (secondary N) is 2. The zero-order chi connectivity index (χ0) is 18.5. The maximum Gasteiger partial charge on any atom is 0.228 e. The van der Waals surface area contributed by atoms with Gasteiger partial charge in [0.05, 0.1) is 22.5 Å². The first-order chi connectivity index (χ1) is 12.5. The van der Waals surface area contributed by atoms with Crippen molar-refractivity contribution in [2.45, 2.75) is 12.8 Å². The number of amides is 2. The Morgan fingerprint density at radius 1 is 0.885 bits per heavy atom. The van der Waals surface area contributed by atoms with Gasteiger partial charge in [0.15, 0.2) is 0 Å². The summed E-state index contributed by atoms with van der Waals surface area (Å²) in [5.41, 5.74) is 1.26.